The largest absolute Gasteiger partial charge is 0.373 e. The minimum atomic E-state index is -0.145. The van der Waals surface area contributed by atoms with Crippen molar-refractivity contribution in [3.8, 4) is 33.4 Å². The van der Waals surface area contributed by atoms with E-state index in [1.807, 2.05) is 26.0 Å². The summed E-state index contributed by atoms with van der Waals surface area (Å²) in [5.74, 6) is 0.700. The van der Waals surface area contributed by atoms with E-state index < -0.39 is 0 Å². The van der Waals surface area contributed by atoms with Crippen molar-refractivity contribution in [1.82, 2.24) is 9.88 Å². The average Bonchev–Trinajstić information content (AvgIpc) is 3.75. The van der Waals surface area contributed by atoms with Crippen LogP contribution in [-0.4, -0.2) is 17.5 Å². The Hall–Kier alpha value is -6.91. The molecule has 1 heterocycles. The molecule has 10 rings (SSSR count). The second kappa shape index (κ2) is 15.7. The van der Waals surface area contributed by atoms with Crippen molar-refractivity contribution in [2.24, 2.45) is 5.92 Å². The number of allylic oxidation sites excluding steroid dienone is 4. The van der Waals surface area contributed by atoms with E-state index in [0.29, 0.717) is 11.8 Å². The summed E-state index contributed by atoms with van der Waals surface area (Å²) in [5.41, 5.74) is 16.5. The van der Waals surface area contributed by atoms with Crippen LogP contribution in [0.15, 0.2) is 182 Å². The van der Waals surface area contributed by atoms with Crippen molar-refractivity contribution in [1.29, 1.82) is 5.41 Å². The minimum absolute atomic E-state index is 0.135. The Kier molecular flexibility index (Phi) is 10.1. The molecule has 4 nitrogen and oxygen atoms in total. The fourth-order valence-corrected chi connectivity index (χ4v) is 9.55. The van der Waals surface area contributed by atoms with E-state index in [1.165, 1.54) is 66.3 Å². The van der Waals surface area contributed by atoms with Crippen molar-refractivity contribution in [3.05, 3.63) is 199 Å². The van der Waals surface area contributed by atoms with Gasteiger partial charge in [0.1, 0.15) is 5.84 Å². The van der Waals surface area contributed by atoms with Crippen LogP contribution in [0, 0.1) is 11.3 Å². The summed E-state index contributed by atoms with van der Waals surface area (Å²) in [7, 11) is 1.80. The van der Waals surface area contributed by atoms with Crippen molar-refractivity contribution in [2.75, 3.05) is 11.9 Å². The Morgan fingerprint density at radius 2 is 1.17 bits per heavy atom. The number of hydrogen-bond donors (Lipinski definition) is 2. The van der Waals surface area contributed by atoms with Crippen LogP contribution in [0.25, 0.3) is 55.2 Å². The van der Waals surface area contributed by atoms with Crippen LogP contribution in [0.4, 0.5) is 17.1 Å². The number of amidine groups is 1. The number of hydrogen-bond acceptors (Lipinski definition) is 2. The van der Waals surface area contributed by atoms with Gasteiger partial charge in [0.15, 0.2) is 0 Å². The van der Waals surface area contributed by atoms with E-state index >= 15 is 0 Å². The first-order valence-electron chi connectivity index (χ1n) is 21.3. The lowest BCUT2D eigenvalue weighted by Gasteiger charge is -2.29. The van der Waals surface area contributed by atoms with Gasteiger partial charge < -0.3 is 14.8 Å². The van der Waals surface area contributed by atoms with Crippen LogP contribution >= 0.6 is 0 Å². The Bertz CT molecular complexity index is 2930. The summed E-state index contributed by atoms with van der Waals surface area (Å²) in [5, 5.41) is 13.9. The third-order valence-electron chi connectivity index (χ3n) is 12.5. The smallest absolute Gasteiger partial charge is 0.125 e. The van der Waals surface area contributed by atoms with Gasteiger partial charge in [0.25, 0.3) is 0 Å². The number of anilines is 3. The fraction of sp³-hybridized carbons (Fsp3) is 0.161. The number of benzene rings is 7. The third kappa shape index (κ3) is 6.35. The maximum Gasteiger partial charge on any atom is 0.125 e. The Morgan fingerprint density at radius 3 is 1.87 bits per heavy atom. The molecule has 8 aromatic rings. The van der Waals surface area contributed by atoms with Gasteiger partial charge >= 0.3 is 0 Å². The molecule has 1 aromatic heterocycles. The zero-order valence-electron chi connectivity index (χ0n) is 35.4. The zero-order valence-corrected chi connectivity index (χ0v) is 35.4. The van der Waals surface area contributed by atoms with Gasteiger partial charge in [0.05, 0.1) is 11.6 Å². The van der Waals surface area contributed by atoms with E-state index in [2.05, 4.69) is 205 Å². The van der Waals surface area contributed by atoms with E-state index in [4.69, 9.17) is 5.41 Å². The lowest BCUT2D eigenvalue weighted by atomic mass is 9.82. The van der Waals surface area contributed by atoms with E-state index in [9.17, 15) is 0 Å². The molecule has 0 spiro atoms. The predicted octanol–water partition coefficient (Wildman–Crippen LogP) is 14.8. The van der Waals surface area contributed by atoms with Crippen LogP contribution in [0.1, 0.15) is 57.4 Å². The topological polar surface area (TPSA) is 44.1 Å². The first-order chi connectivity index (χ1) is 29.3. The molecule has 0 radical (unpaired) electrons. The molecule has 7 aromatic carbocycles. The Balaban J connectivity index is 0.00000228. The van der Waals surface area contributed by atoms with Crippen LogP contribution in [-0.2, 0) is 5.41 Å². The maximum atomic E-state index is 8.48. The van der Waals surface area contributed by atoms with Crippen LogP contribution in [0.5, 0.6) is 0 Å². The first-order valence-corrected chi connectivity index (χ1v) is 21.3. The maximum absolute atomic E-state index is 8.48. The fourth-order valence-electron chi connectivity index (χ4n) is 9.55. The van der Waals surface area contributed by atoms with Gasteiger partial charge in [-0.25, -0.2) is 0 Å². The third-order valence-corrected chi connectivity index (χ3v) is 12.5. The molecule has 0 fully saturated rings. The van der Waals surface area contributed by atoms with E-state index in [1.54, 1.807) is 7.05 Å². The quantitative estimate of drug-likeness (QED) is 0.125. The highest BCUT2D eigenvalue weighted by molar-refractivity contribution is 6.19. The molecule has 0 bridgehead atoms. The van der Waals surface area contributed by atoms with E-state index in [-0.39, 0.29) is 11.5 Å². The standard InChI is InChI=1S/C54H46N4.C2H6/c1-35-15-11-14-22-49(35)58-50-32-28-40(33-46(50)51-42(36-16-7-5-8-17-36)30-31-43(52(51)58)37-18-9-6-10-19-37)57(39-25-23-38(24-26-39)53(55)56-4)41-27-29-45-44-20-12-13-21-47(44)54(2,3)48(45)34-41;1-2/h5-35,49H,1-4H3,(H2,55,56);1-2H3. The van der Waals surface area contributed by atoms with Crippen molar-refractivity contribution >= 4 is 44.7 Å². The lowest BCUT2D eigenvalue weighted by Crippen LogP contribution is -2.18. The van der Waals surface area contributed by atoms with Crippen molar-refractivity contribution < 1.29 is 0 Å². The molecule has 0 amide bonds. The lowest BCUT2D eigenvalue weighted by molar-refractivity contribution is 0.510. The van der Waals surface area contributed by atoms with Gasteiger partial charge in [-0.05, 0) is 99.5 Å². The normalized spacial score (nSPS) is 15.9. The number of rotatable bonds is 7. The molecule has 4 heteroatoms. The van der Waals surface area contributed by atoms with E-state index in [0.717, 1.165) is 22.6 Å². The SMILES string of the molecule is CC.CNC(=N)c1ccc(N(c2ccc3c(c2)C(C)(C)c2ccccc2-3)c2ccc3c(c2)c2c(-c4ccccc4)ccc(-c4ccccc4)c2n3C2C=CC=CC2C)cc1. The predicted molar refractivity (Wildman–Crippen MR) is 256 cm³/mol. The van der Waals surface area contributed by atoms with Gasteiger partial charge in [-0.1, -0.05) is 162 Å². The van der Waals surface area contributed by atoms with Gasteiger partial charge in [-0.3, -0.25) is 5.41 Å². The molecular formula is C56H52N4. The van der Waals surface area contributed by atoms with Crippen molar-refractivity contribution in [2.45, 2.75) is 46.1 Å². The molecule has 60 heavy (non-hydrogen) atoms. The van der Waals surface area contributed by atoms with Crippen molar-refractivity contribution in [3.63, 3.8) is 0 Å². The van der Waals surface area contributed by atoms with Crippen LogP contribution in [0.3, 0.4) is 0 Å². The first kappa shape index (κ1) is 38.6. The summed E-state index contributed by atoms with van der Waals surface area (Å²) in [6, 6.07) is 57.7. The summed E-state index contributed by atoms with van der Waals surface area (Å²) >= 11 is 0. The Morgan fingerprint density at radius 1 is 0.600 bits per heavy atom. The average molecular weight is 781 g/mol. The molecule has 296 valence electrons. The van der Waals surface area contributed by atoms with Gasteiger partial charge in [-0.2, -0.15) is 0 Å². The minimum Gasteiger partial charge on any atom is -0.373 e. The second-order valence-corrected chi connectivity index (χ2v) is 16.2. The second-order valence-electron chi connectivity index (χ2n) is 16.2. The highest BCUT2D eigenvalue weighted by Crippen LogP contribution is 2.52. The molecule has 2 unspecified atom stereocenters. The van der Waals surface area contributed by atoms with Gasteiger partial charge in [0.2, 0.25) is 0 Å². The molecule has 0 saturated heterocycles. The molecule has 2 atom stereocenters. The van der Waals surface area contributed by atoms with Gasteiger partial charge in [-0.15, -0.1) is 0 Å². The summed E-state index contributed by atoms with van der Waals surface area (Å²) in [4.78, 5) is 2.39. The number of aromatic nitrogens is 1. The molecule has 2 aliphatic rings. The molecule has 2 aliphatic carbocycles. The summed E-state index contributed by atoms with van der Waals surface area (Å²) < 4.78 is 2.60. The highest BCUT2D eigenvalue weighted by Gasteiger charge is 2.36. The molecule has 0 saturated carbocycles. The van der Waals surface area contributed by atoms with Crippen LogP contribution < -0.4 is 10.2 Å². The monoisotopic (exact) mass is 780 g/mol. The number of nitrogens with one attached hydrogen (secondary N) is 2. The number of fused-ring (bicyclic) bond motifs is 6. The summed E-state index contributed by atoms with van der Waals surface area (Å²) in [6.45, 7) is 11.0. The number of nitrogens with zero attached hydrogens (tertiary/aromatic N) is 2. The van der Waals surface area contributed by atoms with Gasteiger partial charge in [0, 0.05) is 56.9 Å². The molecule has 0 aliphatic heterocycles. The molecule has 2 N–H and O–H groups in total. The molecular weight excluding hydrogens is 729 g/mol. The van der Waals surface area contributed by atoms with Crippen LogP contribution in [0.2, 0.25) is 0 Å². The summed E-state index contributed by atoms with van der Waals surface area (Å²) in [6.07, 6.45) is 9.07. The Labute approximate surface area is 354 Å². The zero-order chi connectivity index (χ0) is 41.5. The highest BCUT2D eigenvalue weighted by atomic mass is 15.1.